The van der Waals surface area contributed by atoms with Crippen molar-refractivity contribution in [1.29, 1.82) is 0 Å². The van der Waals surface area contributed by atoms with Crippen molar-refractivity contribution in [2.75, 3.05) is 13.1 Å². The van der Waals surface area contributed by atoms with Crippen LogP contribution in [-0.4, -0.2) is 41.9 Å². The first-order chi connectivity index (χ1) is 12.6. The van der Waals surface area contributed by atoms with E-state index < -0.39 is 15.6 Å². The van der Waals surface area contributed by atoms with Crippen molar-refractivity contribution >= 4 is 33.5 Å². The molecule has 1 aliphatic carbocycles. The Bertz CT molecular complexity index is 907. The number of alkyl halides is 3. The molecule has 0 fully saturated rings. The van der Waals surface area contributed by atoms with E-state index in [2.05, 4.69) is 22.8 Å². The van der Waals surface area contributed by atoms with Crippen LogP contribution in [-0.2, 0) is 16.5 Å². The smallest absolute Gasteiger partial charge is 0.485 e. The predicted molar refractivity (Wildman–Crippen MR) is 95.8 cm³/mol. The van der Waals surface area contributed by atoms with E-state index in [1.54, 1.807) is 11.3 Å². The molecule has 3 aliphatic rings. The van der Waals surface area contributed by atoms with Gasteiger partial charge in [0.15, 0.2) is 22.4 Å². The molecule has 1 aromatic carbocycles. The maximum Gasteiger partial charge on any atom is 0.485 e. The summed E-state index contributed by atoms with van der Waals surface area (Å²) in [5.74, 6) is 0.707. The van der Waals surface area contributed by atoms with Crippen LogP contribution in [0.3, 0.4) is 0 Å². The molecular formula is C18H19ClF3NO3S. The van der Waals surface area contributed by atoms with Gasteiger partial charge >= 0.3 is 5.51 Å². The number of hydrogen-bond donors (Lipinski definition) is 0. The van der Waals surface area contributed by atoms with Crippen molar-refractivity contribution in [2.45, 2.75) is 37.6 Å². The molecule has 0 aromatic heterocycles. The molecule has 4 nitrogen and oxygen atoms in total. The van der Waals surface area contributed by atoms with Crippen molar-refractivity contribution in [2.24, 2.45) is 5.92 Å². The van der Waals surface area contributed by atoms with Crippen LogP contribution in [0.5, 0.6) is 0 Å². The average molecular weight is 422 g/mol. The molecule has 0 spiro atoms. The molecule has 0 bridgehead atoms. The highest BCUT2D eigenvalue weighted by molar-refractivity contribution is 7.86. The Morgan fingerprint density at radius 1 is 1.19 bits per heavy atom. The molecule has 0 saturated carbocycles. The second-order valence-corrected chi connectivity index (χ2v) is 8.75. The molecule has 1 atom stereocenters. The lowest BCUT2D eigenvalue weighted by Crippen LogP contribution is -2.21. The lowest BCUT2D eigenvalue weighted by molar-refractivity contribution is -0.525. The van der Waals surface area contributed by atoms with Crippen LogP contribution in [0.1, 0.15) is 36.8 Å². The van der Waals surface area contributed by atoms with Crippen LogP contribution in [0, 0.1) is 5.92 Å². The van der Waals surface area contributed by atoms with Crippen molar-refractivity contribution < 1.29 is 30.7 Å². The van der Waals surface area contributed by atoms with E-state index in [4.69, 9.17) is 24.6 Å². The molecular weight excluding hydrogens is 403 g/mol. The topological polar surface area (TPSA) is 60.2 Å². The van der Waals surface area contributed by atoms with E-state index in [0.717, 1.165) is 5.02 Å². The highest BCUT2D eigenvalue weighted by Crippen LogP contribution is 2.36. The summed E-state index contributed by atoms with van der Waals surface area (Å²) in [7, 11) is -6.09. The van der Waals surface area contributed by atoms with Crippen LogP contribution in [0.2, 0.25) is 5.02 Å². The Balaban J connectivity index is 0.000000226. The molecule has 27 heavy (non-hydrogen) atoms. The number of halogens is 4. The lowest BCUT2D eigenvalue weighted by Gasteiger charge is -2.18. The Morgan fingerprint density at radius 3 is 2.56 bits per heavy atom. The molecule has 2 aliphatic heterocycles. The van der Waals surface area contributed by atoms with Gasteiger partial charge in [-0.15, -0.1) is 0 Å². The summed E-state index contributed by atoms with van der Waals surface area (Å²) in [4.78, 5) is 0. The predicted octanol–water partition coefficient (Wildman–Crippen LogP) is 3.99. The second-order valence-electron chi connectivity index (χ2n) is 6.95. The average Bonchev–Trinajstić information content (AvgIpc) is 2.73. The zero-order valence-electron chi connectivity index (χ0n) is 14.4. The zero-order valence-corrected chi connectivity index (χ0v) is 16.0. The van der Waals surface area contributed by atoms with Crippen molar-refractivity contribution in [3.63, 3.8) is 0 Å². The highest BCUT2D eigenvalue weighted by Gasteiger charge is 2.39. The Hall–Kier alpha value is -1.38. The van der Waals surface area contributed by atoms with Crippen LogP contribution in [0.15, 0.2) is 23.8 Å². The zero-order chi connectivity index (χ0) is 19.8. The van der Waals surface area contributed by atoms with Gasteiger partial charge in [-0.3, -0.25) is 0 Å². The summed E-state index contributed by atoms with van der Waals surface area (Å²) in [6.45, 7) is 2.49. The van der Waals surface area contributed by atoms with Gasteiger partial charge in [0.05, 0.1) is 5.92 Å². The van der Waals surface area contributed by atoms with E-state index in [-0.39, 0.29) is 0 Å². The third-order valence-corrected chi connectivity index (χ3v) is 5.91. The largest absolute Gasteiger partial charge is 0.741 e. The highest BCUT2D eigenvalue weighted by atomic mass is 35.5. The first-order valence-corrected chi connectivity index (χ1v) is 10.5. The fourth-order valence-electron chi connectivity index (χ4n) is 3.89. The van der Waals surface area contributed by atoms with E-state index in [9.17, 15) is 13.2 Å². The molecule has 0 amide bonds. The third kappa shape index (κ3) is 4.55. The molecule has 0 radical (unpaired) electrons. The van der Waals surface area contributed by atoms with Gasteiger partial charge in [-0.05, 0) is 48.6 Å². The minimum atomic E-state index is -6.09. The minimum Gasteiger partial charge on any atom is -0.741 e. The first-order valence-electron chi connectivity index (χ1n) is 8.69. The fourth-order valence-corrected chi connectivity index (χ4v) is 4.09. The standard InChI is InChI=1S/C17H19ClN.CHF3O3S/c18-15-6-5-12-10-16-14(8-13(12)9-15)11-19-7-3-1-2-4-17(16)19;2-1(3,4)8(5,6)7/h5-6,9-10,14H,1-4,7-8,11H2;(H,5,6,7)/q+1;/p-1. The molecule has 9 heteroatoms. The number of nitrogens with zero attached hydrogens (tertiary/aromatic N) is 1. The Kier molecular flexibility index (Phi) is 5.70. The van der Waals surface area contributed by atoms with Crippen molar-refractivity contribution in [1.82, 2.24) is 0 Å². The van der Waals surface area contributed by atoms with E-state index >= 15 is 0 Å². The van der Waals surface area contributed by atoms with E-state index in [1.807, 2.05) is 6.07 Å². The fraction of sp³-hybridized carbons (Fsp3) is 0.500. The second kappa shape index (κ2) is 7.56. The summed E-state index contributed by atoms with van der Waals surface area (Å²) in [5, 5.41) is 0.871. The minimum absolute atomic E-state index is 0.707. The van der Waals surface area contributed by atoms with Gasteiger partial charge in [0, 0.05) is 23.4 Å². The number of rotatable bonds is 0. The number of fused-ring (bicyclic) bond motifs is 3. The van der Waals surface area contributed by atoms with Crippen LogP contribution >= 0.6 is 11.6 Å². The van der Waals surface area contributed by atoms with Gasteiger partial charge in [-0.25, -0.2) is 13.0 Å². The monoisotopic (exact) mass is 421 g/mol. The quantitative estimate of drug-likeness (QED) is 0.361. The summed E-state index contributed by atoms with van der Waals surface area (Å²) in [5.41, 5.74) is 0.432. The van der Waals surface area contributed by atoms with Crippen LogP contribution in [0.25, 0.3) is 6.08 Å². The Labute approximate surface area is 161 Å². The summed E-state index contributed by atoms with van der Waals surface area (Å²) < 4.78 is 61.6. The maximum absolute atomic E-state index is 10.7. The van der Waals surface area contributed by atoms with Crippen molar-refractivity contribution in [3.05, 3.63) is 39.9 Å². The molecule has 2 heterocycles. The summed E-state index contributed by atoms with van der Waals surface area (Å²) in [6.07, 6.45) is 9.00. The Morgan fingerprint density at radius 2 is 1.89 bits per heavy atom. The van der Waals surface area contributed by atoms with Gasteiger partial charge in [-0.1, -0.05) is 17.7 Å². The van der Waals surface area contributed by atoms with Gasteiger partial charge in [0.2, 0.25) is 0 Å². The molecule has 148 valence electrons. The van der Waals surface area contributed by atoms with Crippen molar-refractivity contribution in [3.8, 4) is 0 Å². The van der Waals surface area contributed by atoms with E-state index in [0.29, 0.717) is 5.92 Å². The molecule has 0 saturated heterocycles. The molecule has 1 unspecified atom stereocenters. The van der Waals surface area contributed by atoms with E-state index in [1.165, 1.54) is 56.3 Å². The normalized spacial score (nSPS) is 22.0. The van der Waals surface area contributed by atoms with Gasteiger partial charge in [-0.2, -0.15) is 13.2 Å². The first kappa shape index (κ1) is 20.4. The van der Waals surface area contributed by atoms with Crippen LogP contribution < -0.4 is 0 Å². The van der Waals surface area contributed by atoms with Crippen LogP contribution in [0.4, 0.5) is 13.2 Å². The summed E-state index contributed by atoms with van der Waals surface area (Å²) in [6, 6.07) is 6.35. The molecule has 1 aromatic rings. The van der Waals surface area contributed by atoms with Gasteiger partial charge < -0.3 is 4.55 Å². The number of hydrogen-bond acceptors (Lipinski definition) is 3. The van der Waals surface area contributed by atoms with Gasteiger partial charge in [0.1, 0.15) is 6.54 Å². The molecule has 0 N–H and O–H groups in total. The van der Waals surface area contributed by atoms with Gasteiger partial charge in [0.25, 0.3) is 0 Å². The molecule has 4 rings (SSSR count). The lowest BCUT2D eigenvalue weighted by atomic mass is 9.82. The third-order valence-electron chi connectivity index (χ3n) is 5.10. The summed E-state index contributed by atoms with van der Waals surface area (Å²) >= 11 is 6.13. The maximum atomic E-state index is 10.7. The number of benzene rings is 1. The SMILES string of the molecule is Clc1ccc2c(c1)CC1C[N+]3=C(CCCCC3)C1=C2.O=S(=O)([O-])C(F)(F)F.